The van der Waals surface area contributed by atoms with Crippen LogP contribution in [-0.4, -0.2) is 85.5 Å². The van der Waals surface area contributed by atoms with Gasteiger partial charge in [0.2, 0.25) is 11.8 Å². The van der Waals surface area contributed by atoms with Gasteiger partial charge < -0.3 is 10.6 Å². The van der Waals surface area contributed by atoms with Gasteiger partial charge in [0, 0.05) is 24.6 Å². The first-order chi connectivity index (χ1) is 11.6. The molecule has 2 amide bonds. The van der Waals surface area contributed by atoms with Crippen LogP contribution in [0, 0.1) is 0 Å². The number of rotatable bonds is 15. The van der Waals surface area contributed by atoms with Gasteiger partial charge in [-0.15, -0.1) is 0 Å². The Balaban J connectivity index is 3.48. The molecule has 0 aliphatic carbocycles. The van der Waals surface area contributed by atoms with E-state index >= 15 is 0 Å². The number of nitrogens with zero attached hydrogens (tertiary/aromatic N) is 2. The van der Waals surface area contributed by atoms with Gasteiger partial charge in [-0.05, 0) is 26.2 Å². The quantitative estimate of drug-likeness (QED) is 0.331. The fraction of sp³-hybridized carbons (Fsp3) is 0.875. The molecule has 8 heteroatoms. The van der Waals surface area contributed by atoms with Gasteiger partial charge >= 0.3 is 0 Å². The van der Waals surface area contributed by atoms with Crippen LogP contribution in [0.1, 0.15) is 27.7 Å². The number of hydrogen-bond acceptors (Lipinski definition) is 6. The Morgan fingerprint density at radius 3 is 1.33 bits per heavy atom. The number of carbonyl (C=O) groups is 2. The zero-order chi connectivity index (χ0) is 18.2. The molecule has 0 aromatic heterocycles. The maximum absolute atomic E-state index is 11.7. The van der Waals surface area contributed by atoms with Crippen molar-refractivity contribution in [2.24, 2.45) is 0 Å². The predicted octanol–water partition coefficient (Wildman–Crippen LogP) is 1.28. The van der Waals surface area contributed by atoms with Crippen LogP contribution >= 0.6 is 21.6 Å². The van der Waals surface area contributed by atoms with Gasteiger partial charge in [0.1, 0.15) is 0 Å². The first kappa shape index (κ1) is 23.6. The van der Waals surface area contributed by atoms with Crippen molar-refractivity contribution in [2.45, 2.75) is 27.7 Å². The van der Waals surface area contributed by atoms with Gasteiger partial charge in [-0.2, -0.15) is 0 Å². The lowest BCUT2D eigenvalue weighted by Crippen LogP contribution is -2.38. The van der Waals surface area contributed by atoms with E-state index in [9.17, 15) is 9.59 Å². The van der Waals surface area contributed by atoms with Crippen LogP contribution in [0.25, 0.3) is 0 Å². The fourth-order valence-electron chi connectivity index (χ4n) is 1.99. The highest BCUT2D eigenvalue weighted by atomic mass is 33.1. The molecule has 0 saturated heterocycles. The first-order valence-corrected chi connectivity index (χ1v) is 11.3. The maximum Gasteiger partial charge on any atom is 0.234 e. The number of carbonyl (C=O) groups excluding carboxylic acids is 2. The van der Waals surface area contributed by atoms with Crippen LogP contribution in [0.2, 0.25) is 0 Å². The van der Waals surface area contributed by atoms with E-state index in [1.54, 1.807) is 21.6 Å². The third kappa shape index (κ3) is 12.9. The van der Waals surface area contributed by atoms with Crippen LogP contribution in [0.5, 0.6) is 0 Å². The molecule has 0 rings (SSSR count). The molecule has 6 nitrogen and oxygen atoms in total. The topological polar surface area (TPSA) is 64.7 Å². The van der Waals surface area contributed by atoms with Crippen molar-refractivity contribution in [3.05, 3.63) is 0 Å². The Morgan fingerprint density at radius 1 is 0.708 bits per heavy atom. The van der Waals surface area contributed by atoms with Crippen molar-refractivity contribution in [3.63, 3.8) is 0 Å². The van der Waals surface area contributed by atoms with Gasteiger partial charge in [-0.3, -0.25) is 19.4 Å². The molecule has 0 radical (unpaired) electrons. The molecule has 0 aromatic carbocycles. The molecular weight excluding hydrogens is 344 g/mol. The molecule has 0 atom stereocenters. The highest BCUT2D eigenvalue weighted by molar-refractivity contribution is 8.76. The van der Waals surface area contributed by atoms with Crippen molar-refractivity contribution in [3.8, 4) is 0 Å². The molecule has 24 heavy (non-hydrogen) atoms. The van der Waals surface area contributed by atoms with E-state index < -0.39 is 0 Å². The molecule has 0 aromatic rings. The summed E-state index contributed by atoms with van der Waals surface area (Å²) >= 11 is 0. The third-order valence-electron chi connectivity index (χ3n) is 3.62. The summed E-state index contributed by atoms with van der Waals surface area (Å²) in [6, 6.07) is 0. The molecule has 0 heterocycles. The molecule has 142 valence electrons. The number of likely N-dealkylation sites (N-methyl/N-ethyl adjacent to an activating group) is 2. The second kappa shape index (κ2) is 16.1. The minimum atomic E-state index is 0.0907. The summed E-state index contributed by atoms with van der Waals surface area (Å²) in [6.45, 7) is 14.2. The smallest absolute Gasteiger partial charge is 0.234 e. The SMILES string of the molecule is CCN(CC)CC(=O)NCCSSCCNC(=O)CN(CC)CC. The monoisotopic (exact) mass is 378 g/mol. The van der Waals surface area contributed by atoms with Crippen molar-refractivity contribution in [2.75, 3.05) is 63.9 Å². The minimum Gasteiger partial charge on any atom is -0.354 e. The zero-order valence-electron chi connectivity index (χ0n) is 15.6. The highest BCUT2D eigenvalue weighted by Gasteiger charge is 2.07. The van der Waals surface area contributed by atoms with Crippen molar-refractivity contribution < 1.29 is 9.59 Å². The van der Waals surface area contributed by atoms with Crippen LogP contribution < -0.4 is 10.6 Å². The summed E-state index contributed by atoms with van der Waals surface area (Å²) in [5.41, 5.74) is 0. The van der Waals surface area contributed by atoms with Crippen molar-refractivity contribution >= 4 is 33.4 Å². The van der Waals surface area contributed by atoms with Crippen molar-refractivity contribution in [1.29, 1.82) is 0 Å². The van der Waals surface area contributed by atoms with Crippen molar-refractivity contribution in [1.82, 2.24) is 20.4 Å². The molecule has 0 unspecified atom stereocenters. The van der Waals surface area contributed by atoms with E-state index in [0.717, 1.165) is 37.7 Å². The van der Waals surface area contributed by atoms with Gasteiger partial charge in [-0.1, -0.05) is 49.3 Å². The molecule has 0 aliphatic rings. The molecular formula is C16H34N4O2S2. The fourth-order valence-corrected chi connectivity index (χ4v) is 3.81. The summed E-state index contributed by atoms with van der Waals surface area (Å²) in [5, 5.41) is 5.87. The number of hydrogen-bond donors (Lipinski definition) is 2. The lowest BCUT2D eigenvalue weighted by Gasteiger charge is -2.17. The normalized spacial score (nSPS) is 11.1. The Labute approximate surface area is 155 Å². The summed E-state index contributed by atoms with van der Waals surface area (Å²) in [5.74, 6) is 1.94. The molecule has 0 saturated carbocycles. The van der Waals surface area contributed by atoms with E-state index in [2.05, 4.69) is 48.1 Å². The van der Waals surface area contributed by atoms with E-state index in [-0.39, 0.29) is 11.8 Å². The molecule has 0 spiro atoms. The van der Waals surface area contributed by atoms with Crippen LogP contribution in [-0.2, 0) is 9.59 Å². The van der Waals surface area contributed by atoms with Gasteiger partial charge in [-0.25, -0.2) is 0 Å². The van der Waals surface area contributed by atoms with Crippen LogP contribution in [0.4, 0.5) is 0 Å². The summed E-state index contributed by atoms with van der Waals surface area (Å²) in [6.07, 6.45) is 0. The minimum absolute atomic E-state index is 0.0907. The Kier molecular flexibility index (Phi) is 15.8. The Morgan fingerprint density at radius 2 is 1.04 bits per heavy atom. The highest BCUT2D eigenvalue weighted by Crippen LogP contribution is 2.19. The standard InChI is InChI=1S/C16H34N4O2S2/c1-5-19(6-2)13-15(21)17-9-11-23-24-12-10-18-16(22)14-20(7-3)8-4/h5-14H2,1-4H3,(H,17,21)(H,18,22). The largest absolute Gasteiger partial charge is 0.354 e. The lowest BCUT2D eigenvalue weighted by atomic mass is 10.4. The molecule has 0 fully saturated rings. The number of nitrogens with one attached hydrogen (secondary N) is 2. The first-order valence-electron chi connectivity index (χ1n) is 8.79. The van der Waals surface area contributed by atoms with Crippen LogP contribution in [0.15, 0.2) is 0 Å². The third-order valence-corrected chi connectivity index (χ3v) is 6.03. The van der Waals surface area contributed by atoms with E-state index in [4.69, 9.17) is 0 Å². The zero-order valence-corrected chi connectivity index (χ0v) is 17.2. The van der Waals surface area contributed by atoms with E-state index in [1.165, 1.54) is 0 Å². The summed E-state index contributed by atoms with van der Waals surface area (Å²) in [4.78, 5) is 27.6. The van der Waals surface area contributed by atoms with Gasteiger partial charge in [0.25, 0.3) is 0 Å². The summed E-state index contributed by atoms with van der Waals surface area (Å²) in [7, 11) is 3.45. The average Bonchev–Trinajstić information content (AvgIpc) is 2.59. The van der Waals surface area contributed by atoms with Crippen LogP contribution in [0.3, 0.4) is 0 Å². The Hall–Kier alpha value is -0.440. The summed E-state index contributed by atoms with van der Waals surface area (Å²) < 4.78 is 0. The molecule has 2 N–H and O–H groups in total. The second-order valence-corrected chi connectivity index (χ2v) is 7.97. The number of amides is 2. The second-order valence-electron chi connectivity index (χ2n) is 5.27. The van der Waals surface area contributed by atoms with Gasteiger partial charge in [0.05, 0.1) is 13.1 Å². The van der Waals surface area contributed by atoms with E-state index in [1.807, 2.05) is 0 Å². The average molecular weight is 379 g/mol. The lowest BCUT2D eigenvalue weighted by molar-refractivity contribution is -0.122. The van der Waals surface area contributed by atoms with Gasteiger partial charge in [0.15, 0.2) is 0 Å². The maximum atomic E-state index is 11.7. The van der Waals surface area contributed by atoms with E-state index in [0.29, 0.717) is 26.2 Å². The Bertz CT molecular complexity index is 306. The molecule has 0 aliphatic heterocycles. The predicted molar refractivity (Wildman–Crippen MR) is 107 cm³/mol. The molecule has 0 bridgehead atoms.